The Kier molecular flexibility index (Phi) is 4.37. The molecule has 0 saturated heterocycles. The van der Waals surface area contributed by atoms with E-state index in [-0.39, 0.29) is 11.0 Å². The molecule has 0 atom stereocenters. The van der Waals surface area contributed by atoms with Crippen molar-refractivity contribution in [2.24, 2.45) is 0 Å². The molecule has 0 radical (unpaired) electrons. The molecule has 2 rings (SSSR count). The van der Waals surface area contributed by atoms with Gasteiger partial charge >= 0.3 is 0 Å². The zero-order chi connectivity index (χ0) is 15.6. The Hall–Kier alpha value is -1.81. The van der Waals surface area contributed by atoms with Crippen molar-refractivity contribution in [2.75, 3.05) is 5.32 Å². The van der Waals surface area contributed by atoms with Gasteiger partial charge in [0.25, 0.3) is 5.91 Å². The number of amides is 1. The summed E-state index contributed by atoms with van der Waals surface area (Å²) in [7, 11) is 0. The molecule has 21 heavy (non-hydrogen) atoms. The number of anilines is 1. The number of hydrogen-bond acceptors (Lipinski definition) is 2. The molecule has 0 fully saturated rings. The van der Waals surface area contributed by atoms with Crippen molar-refractivity contribution in [2.45, 2.75) is 31.1 Å². The molecule has 110 valence electrons. The van der Waals surface area contributed by atoms with Crippen molar-refractivity contribution >= 4 is 24.2 Å². The average molecular weight is 303 g/mol. The molecule has 0 aromatic heterocycles. The molecule has 4 heteroatoms. The van der Waals surface area contributed by atoms with Crippen LogP contribution in [0.5, 0.6) is 0 Å². The lowest BCUT2D eigenvalue weighted by atomic mass is 9.87. The molecule has 2 nitrogen and oxygen atoms in total. The summed E-state index contributed by atoms with van der Waals surface area (Å²) in [5.41, 5.74) is 1.85. The predicted molar refractivity (Wildman–Crippen MR) is 86.7 cm³/mol. The van der Waals surface area contributed by atoms with Gasteiger partial charge in [0.2, 0.25) is 0 Å². The maximum atomic E-state index is 13.6. The number of thiol groups is 1. The highest BCUT2D eigenvalue weighted by atomic mass is 32.1. The van der Waals surface area contributed by atoms with Crippen molar-refractivity contribution in [1.29, 1.82) is 0 Å². The summed E-state index contributed by atoms with van der Waals surface area (Å²) in [4.78, 5) is 12.6. The van der Waals surface area contributed by atoms with Crippen LogP contribution in [0.3, 0.4) is 0 Å². The molecule has 0 aliphatic carbocycles. The maximum Gasteiger partial charge on any atom is 0.258 e. The smallest absolute Gasteiger partial charge is 0.258 e. The maximum absolute atomic E-state index is 13.6. The fraction of sp³-hybridized carbons (Fsp3) is 0.235. The summed E-state index contributed by atoms with van der Waals surface area (Å²) in [5.74, 6) is -1.04. The second-order valence-electron chi connectivity index (χ2n) is 5.95. The van der Waals surface area contributed by atoms with Crippen molar-refractivity contribution in [3.05, 3.63) is 59.4 Å². The van der Waals surface area contributed by atoms with Gasteiger partial charge in [-0.3, -0.25) is 4.79 Å². The zero-order valence-corrected chi connectivity index (χ0v) is 13.2. The lowest BCUT2D eigenvalue weighted by molar-refractivity contribution is 0.102. The molecule has 0 saturated carbocycles. The molecular weight excluding hydrogens is 285 g/mol. The van der Waals surface area contributed by atoms with Gasteiger partial charge in [-0.15, -0.1) is 12.6 Å². The molecule has 2 aromatic carbocycles. The number of nitrogens with one attached hydrogen (secondary N) is 1. The van der Waals surface area contributed by atoms with Gasteiger partial charge in [-0.05, 0) is 41.3 Å². The van der Waals surface area contributed by atoms with Gasteiger partial charge in [-0.25, -0.2) is 4.39 Å². The lowest BCUT2D eigenvalue weighted by Crippen LogP contribution is -2.15. The molecule has 0 bridgehead atoms. The Balaban J connectivity index is 2.18. The highest BCUT2D eigenvalue weighted by Gasteiger charge is 2.15. The predicted octanol–water partition coefficient (Wildman–Crippen LogP) is 4.66. The molecule has 1 N–H and O–H groups in total. The number of carbonyl (C=O) groups is 1. The molecule has 1 amide bonds. The molecule has 0 spiro atoms. The first-order chi connectivity index (χ1) is 9.77. The average Bonchev–Trinajstić information content (AvgIpc) is 2.41. The monoisotopic (exact) mass is 303 g/mol. The van der Waals surface area contributed by atoms with E-state index in [4.69, 9.17) is 0 Å². The van der Waals surface area contributed by atoms with Gasteiger partial charge in [0, 0.05) is 10.6 Å². The summed E-state index contributed by atoms with van der Waals surface area (Å²) in [6, 6.07) is 11.7. The van der Waals surface area contributed by atoms with Gasteiger partial charge in [0.1, 0.15) is 5.82 Å². The van der Waals surface area contributed by atoms with Crippen LogP contribution in [0.15, 0.2) is 47.4 Å². The van der Waals surface area contributed by atoms with Crippen molar-refractivity contribution in [3.8, 4) is 0 Å². The topological polar surface area (TPSA) is 29.1 Å². The Morgan fingerprint density at radius 1 is 1.10 bits per heavy atom. The number of benzene rings is 2. The lowest BCUT2D eigenvalue weighted by Gasteiger charge is -2.19. The number of rotatable bonds is 2. The van der Waals surface area contributed by atoms with Gasteiger partial charge < -0.3 is 5.32 Å². The first kappa shape index (κ1) is 15.6. The van der Waals surface area contributed by atoms with E-state index >= 15 is 0 Å². The first-order valence-corrected chi connectivity index (χ1v) is 7.12. The summed E-state index contributed by atoms with van der Waals surface area (Å²) >= 11 is 4.12. The normalized spacial score (nSPS) is 11.3. The Morgan fingerprint density at radius 2 is 1.71 bits per heavy atom. The SMILES string of the molecule is CC(C)(C)c1ccc(NC(=O)c2cc(S)ccc2F)cc1. The van der Waals surface area contributed by atoms with Gasteiger partial charge in [0.05, 0.1) is 5.56 Å². The minimum absolute atomic E-state index is 0.0117. The molecular formula is C17H18FNOS. The fourth-order valence-corrected chi connectivity index (χ4v) is 2.14. The van der Waals surface area contributed by atoms with E-state index in [1.165, 1.54) is 23.8 Å². The summed E-state index contributed by atoms with van der Waals surface area (Å²) in [6.45, 7) is 6.36. The summed E-state index contributed by atoms with van der Waals surface area (Å²) in [5, 5.41) is 2.69. The second kappa shape index (κ2) is 5.90. The standard InChI is InChI=1S/C17H18FNOS/c1-17(2,3)11-4-6-12(7-5-11)19-16(20)14-10-13(21)8-9-15(14)18/h4-10,21H,1-3H3,(H,19,20). The highest BCUT2D eigenvalue weighted by molar-refractivity contribution is 7.80. The van der Waals surface area contributed by atoms with E-state index in [0.717, 1.165) is 0 Å². The van der Waals surface area contributed by atoms with Crippen LogP contribution in [0.4, 0.5) is 10.1 Å². The van der Waals surface area contributed by atoms with E-state index in [1.807, 2.05) is 24.3 Å². The fourth-order valence-electron chi connectivity index (χ4n) is 1.94. The van der Waals surface area contributed by atoms with Crippen molar-refractivity contribution < 1.29 is 9.18 Å². The Morgan fingerprint density at radius 3 is 2.29 bits per heavy atom. The van der Waals surface area contributed by atoms with Crippen LogP contribution in [0, 0.1) is 5.82 Å². The van der Waals surface area contributed by atoms with Crippen LogP contribution < -0.4 is 5.32 Å². The Bertz CT molecular complexity index is 659. The first-order valence-electron chi connectivity index (χ1n) is 6.68. The summed E-state index contributed by atoms with van der Waals surface area (Å²) in [6.07, 6.45) is 0. The van der Waals surface area contributed by atoms with Crippen LogP contribution in [0.1, 0.15) is 36.7 Å². The number of hydrogen-bond donors (Lipinski definition) is 2. The third-order valence-corrected chi connectivity index (χ3v) is 3.48. The molecule has 0 aliphatic heterocycles. The van der Waals surface area contributed by atoms with Gasteiger partial charge in [-0.2, -0.15) is 0 Å². The van der Waals surface area contributed by atoms with E-state index in [2.05, 4.69) is 38.7 Å². The van der Waals surface area contributed by atoms with Crippen LogP contribution in [0.2, 0.25) is 0 Å². The molecule has 2 aromatic rings. The van der Waals surface area contributed by atoms with Crippen molar-refractivity contribution in [3.63, 3.8) is 0 Å². The van der Waals surface area contributed by atoms with Crippen LogP contribution >= 0.6 is 12.6 Å². The van der Waals surface area contributed by atoms with Gasteiger partial charge in [0.15, 0.2) is 0 Å². The quantitative estimate of drug-likeness (QED) is 0.776. The summed E-state index contributed by atoms with van der Waals surface area (Å²) < 4.78 is 13.6. The number of halogens is 1. The van der Waals surface area contributed by atoms with Crippen LogP contribution in [-0.2, 0) is 5.41 Å². The van der Waals surface area contributed by atoms with E-state index < -0.39 is 11.7 Å². The van der Waals surface area contributed by atoms with Crippen molar-refractivity contribution in [1.82, 2.24) is 0 Å². The molecule has 0 heterocycles. The third-order valence-electron chi connectivity index (χ3n) is 3.20. The van der Waals surface area contributed by atoms with E-state index in [9.17, 15) is 9.18 Å². The third kappa shape index (κ3) is 3.85. The zero-order valence-electron chi connectivity index (χ0n) is 12.3. The minimum Gasteiger partial charge on any atom is -0.322 e. The second-order valence-corrected chi connectivity index (χ2v) is 6.46. The van der Waals surface area contributed by atoms with Crippen LogP contribution in [0.25, 0.3) is 0 Å². The number of carbonyl (C=O) groups excluding carboxylic acids is 1. The largest absolute Gasteiger partial charge is 0.322 e. The Labute approximate surface area is 129 Å². The molecule has 0 unspecified atom stereocenters. The minimum atomic E-state index is -0.559. The van der Waals surface area contributed by atoms with E-state index in [0.29, 0.717) is 10.6 Å². The van der Waals surface area contributed by atoms with E-state index in [1.54, 1.807) is 0 Å². The highest BCUT2D eigenvalue weighted by Crippen LogP contribution is 2.24. The molecule has 0 aliphatic rings. The van der Waals surface area contributed by atoms with Crippen LogP contribution in [-0.4, -0.2) is 5.91 Å². The van der Waals surface area contributed by atoms with Gasteiger partial charge in [-0.1, -0.05) is 32.9 Å².